The van der Waals surface area contributed by atoms with Crippen molar-refractivity contribution in [2.75, 3.05) is 0 Å². The lowest BCUT2D eigenvalue weighted by Crippen LogP contribution is -1.92. The van der Waals surface area contributed by atoms with Crippen LogP contribution in [0.1, 0.15) is 0 Å². The van der Waals surface area contributed by atoms with Crippen molar-refractivity contribution in [2.45, 2.75) is 0 Å². The summed E-state index contributed by atoms with van der Waals surface area (Å²) >= 11 is 0. The maximum atomic E-state index is 6.70. The molecule has 0 saturated carbocycles. The van der Waals surface area contributed by atoms with Gasteiger partial charge in [-0.1, -0.05) is 152 Å². The summed E-state index contributed by atoms with van der Waals surface area (Å²) in [6, 6.07) is 65.7. The maximum absolute atomic E-state index is 6.70. The number of para-hydroxylation sites is 2. The van der Waals surface area contributed by atoms with E-state index in [4.69, 9.17) is 8.83 Å². The zero-order chi connectivity index (χ0) is 35.3. The van der Waals surface area contributed by atoms with Crippen molar-refractivity contribution in [2.24, 2.45) is 0 Å². The monoisotopic (exact) mass is 686 g/mol. The fourth-order valence-corrected chi connectivity index (χ4v) is 9.11. The third-order valence-electron chi connectivity index (χ3n) is 11.4. The lowest BCUT2D eigenvalue weighted by Gasteiger charge is -2.20. The molecule has 0 N–H and O–H groups in total. The van der Waals surface area contributed by atoms with Crippen molar-refractivity contribution in [3.05, 3.63) is 182 Å². The average molecular weight is 687 g/mol. The van der Waals surface area contributed by atoms with E-state index in [1.807, 2.05) is 24.3 Å². The minimum atomic E-state index is 0.841. The molecular weight excluding hydrogens is 657 g/mol. The predicted octanol–water partition coefficient (Wildman–Crippen LogP) is 15.1. The normalized spacial score (nSPS) is 12.1. The Morgan fingerprint density at radius 2 is 0.796 bits per heavy atom. The van der Waals surface area contributed by atoms with Gasteiger partial charge in [-0.05, 0) is 101 Å². The summed E-state index contributed by atoms with van der Waals surface area (Å²) in [4.78, 5) is 0. The zero-order valence-corrected chi connectivity index (χ0v) is 29.1. The van der Waals surface area contributed by atoms with Gasteiger partial charge in [0.05, 0.1) is 5.39 Å². The molecule has 2 heteroatoms. The fraction of sp³-hybridized carbons (Fsp3) is 0. The molecule has 0 spiro atoms. The SMILES string of the molecule is c1cc(-c2c3ccccc3c(-c3cc4ccccc4c4ccccc34)c3ccccc23)cc(-c2cc3c4ccccc4oc3c3c2oc2ccccc23)c1. The minimum Gasteiger partial charge on any atom is -0.455 e. The summed E-state index contributed by atoms with van der Waals surface area (Å²) in [6.45, 7) is 0. The Bertz CT molecular complexity index is 3450. The Balaban J connectivity index is 1.16. The van der Waals surface area contributed by atoms with Gasteiger partial charge in [-0.2, -0.15) is 0 Å². The van der Waals surface area contributed by atoms with Crippen LogP contribution in [0.25, 0.3) is 120 Å². The van der Waals surface area contributed by atoms with E-state index in [2.05, 4.69) is 158 Å². The molecular formula is C52H30O2. The molecule has 10 aromatic carbocycles. The van der Waals surface area contributed by atoms with Crippen molar-refractivity contribution in [1.82, 2.24) is 0 Å². The fourth-order valence-electron chi connectivity index (χ4n) is 9.11. The zero-order valence-electron chi connectivity index (χ0n) is 29.1. The third-order valence-corrected chi connectivity index (χ3v) is 11.4. The summed E-state index contributed by atoms with van der Waals surface area (Å²) in [7, 11) is 0. The van der Waals surface area contributed by atoms with Gasteiger partial charge < -0.3 is 8.83 Å². The molecule has 0 fully saturated rings. The highest BCUT2D eigenvalue weighted by Crippen LogP contribution is 2.48. The van der Waals surface area contributed by atoms with Gasteiger partial charge in [-0.3, -0.25) is 0 Å². The van der Waals surface area contributed by atoms with Crippen molar-refractivity contribution >= 4 is 87.0 Å². The molecule has 2 heterocycles. The average Bonchev–Trinajstić information content (AvgIpc) is 3.81. The summed E-state index contributed by atoms with van der Waals surface area (Å²) in [5.74, 6) is 0. The summed E-state index contributed by atoms with van der Waals surface area (Å²) in [5.41, 5.74) is 10.5. The first kappa shape index (κ1) is 29.4. The van der Waals surface area contributed by atoms with E-state index in [1.54, 1.807) is 0 Å². The number of rotatable bonds is 3. The van der Waals surface area contributed by atoms with Crippen molar-refractivity contribution in [1.29, 1.82) is 0 Å². The van der Waals surface area contributed by atoms with E-state index in [0.717, 1.165) is 60.6 Å². The van der Waals surface area contributed by atoms with Crippen LogP contribution in [-0.2, 0) is 0 Å². The molecule has 54 heavy (non-hydrogen) atoms. The number of hydrogen-bond donors (Lipinski definition) is 0. The lowest BCUT2D eigenvalue weighted by molar-refractivity contribution is 0.663. The quantitative estimate of drug-likeness (QED) is 0.137. The Labute approximate surface area is 310 Å². The molecule has 0 amide bonds. The molecule has 12 rings (SSSR count). The minimum absolute atomic E-state index is 0.841. The maximum Gasteiger partial charge on any atom is 0.147 e. The van der Waals surface area contributed by atoms with Gasteiger partial charge in [0.25, 0.3) is 0 Å². The van der Waals surface area contributed by atoms with Gasteiger partial charge in [0.15, 0.2) is 0 Å². The molecule has 2 nitrogen and oxygen atoms in total. The largest absolute Gasteiger partial charge is 0.455 e. The molecule has 0 aliphatic heterocycles. The smallest absolute Gasteiger partial charge is 0.147 e. The van der Waals surface area contributed by atoms with Crippen LogP contribution in [0.15, 0.2) is 191 Å². The van der Waals surface area contributed by atoms with E-state index in [0.29, 0.717) is 0 Å². The molecule has 0 saturated heterocycles. The summed E-state index contributed by atoms with van der Waals surface area (Å²) in [6.07, 6.45) is 0. The summed E-state index contributed by atoms with van der Waals surface area (Å²) < 4.78 is 13.2. The van der Waals surface area contributed by atoms with Gasteiger partial charge in [0.1, 0.15) is 22.3 Å². The van der Waals surface area contributed by atoms with Crippen LogP contribution in [0.5, 0.6) is 0 Å². The van der Waals surface area contributed by atoms with Crippen LogP contribution < -0.4 is 0 Å². The topological polar surface area (TPSA) is 26.3 Å². The van der Waals surface area contributed by atoms with E-state index < -0.39 is 0 Å². The molecule has 250 valence electrons. The standard InChI is InChI=1S/C52H30O2/c1-2-17-34-32(14-1)29-44(36-19-4-3-18-35(34)36)49-40-23-7-5-21-38(40)48(39-22-6-8-24-41(39)49)33-16-13-15-31(28-33)43-30-45-37-20-9-11-26-46(37)53-52(45)50-42-25-10-12-27-47(42)54-51(43)50/h1-30H. The number of benzene rings is 10. The molecule has 12 aromatic rings. The van der Waals surface area contributed by atoms with E-state index in [-0.39, 0.29) is 0 Å². The molecule has 0 atom stereocenters. The van der Waals surface area contributed by atoms with Gasteiger partial charge in [-0.15, -0.1) is 0 Å². The van der Waals surface area contributed by atoms with Gasteiger partial charge in [0.2, 0.25) is 0 Å². The van der Waals surface area contributed by atoms with E-state index >= 15 is 0 Å². The molecule has 0 aliphatic rings. The number of furan rings is 2. The van der Waals surface area contributed by atoms with E-state index in [1.165, 1.54) is 59.8 Å². The predicted molar refractivity (Wildman–Crippen MR) is 227 cm³/mol. The van der Waals surface area contributed by atoms with Crippen LogP contribution >= 0.6 is 0 Å². The number of fused-ring (bicyclic) bond motifs is 12. The second-order valence-corrected chi connectivity index (χ2v) is 14.3. The van der Waals surface area contributed by atoms with Crippen LogP contribution in [0.3, 0.4) is 0 Å². The van der Waals surface area contributed by atoms with Gasteiger partial charge >= 0.3 is 0 Å². The van der Waals surface area contributed by atoms with Gasteiger partial charge in [0, 0.05) is 21.7 Å². The lowest BCUT2D eigenvalue weighted by atomic mass is 9.83. The van der Waals surface area contributed by atoms with Crippen LogP contribution in [0, 0.1) is 0 Å². The second kappa shape index (κ2) is 11.2. The molecule has 2 aromatic heterocycles. The molecule has 0 bridgehead atoms. The Morgan fingerprint density at radius 1 is 0.278 bits per heavy atom. The highest BCUT2D eigenvalue weighted by atomic mass is 16.3. The van der Waals surface area contributed by atoms with Crippen LogP contribution in [0.2, 0.25) is 0 Å². The highest BCUT2D eigenvalue weighted by Gasteiger charge is 2.22. The third kappa shape index (κ3) is 4.11. The van der Waals surface area contributed by atoms with Crippen molar-refractivity contribution in [3.8, 4) is 33.4 Å². The van der Waals surface area contributed by atoms with Crippen molar-refractivity contribution in [3.63, 3.8) is 0 Å². The van der Waals surface area contributed by atoms with E-state index in [9.17, 15) is 0 Å². The Morgan fingerprint density at radius 3 is 1.52 bits per heavy atom. The highest BCUT2D eigenvalue weighted by molar-refractivity contribution is 6.27. The molecule has 0 unspecified atom stereocenters. The van der Waals surface area contributed by atoms with Crippen LogP contribution in [-0.4, -0.2) is 0 Å². The van der Waals surface area contributed by atoms with Crippen LogP contribution in [0.4, 0.5) is 0 Å². The molecule has 0 radical (unpaired) electrons. The second-order valence-electron chi connectivity index (χ2n) is 14.3. The van der Waals surface area contributed by atoms with Gasteiger partial charge in [-0.25, -0.2) is 0 Å². The first-order valence-electron chi connectivity index (χ1n) is 18.5. The Kier molecular flexibility index (Phi) is 6.09. The number of hydrogen-bond acceptors (Lipinski definition) is 2. The first-order valence-corrected chi connectivity index (χ1v) is 18.5. The molecule has 0 aliphatic carbocycles. The van der Waals surface area contributed by atoms with Crippen molar-refractivity contribution < 1.29 is 8.83 Å². The first-order chi connectivity index (χ1) is 26.8. The summed E-state index contributed by atoms with van der Waals surface area (Å²) in [5, 5.41) is 14.3. The Hall–Kier alpha value is -7.16.